The third kappa shape index (κ3) is 3.60. The van der Waals surface area contributed by atoms with Crippen LogP contribution in [0.1, 0.15) is 38.3 Å². The maximum absolute atomic E-state index is 6.17. The van der Waals surface area contributed by atoms with Gasteiger partial charge in [-0.2, -0.15) is 0 Å². The van der Waals surface area contributed by atoms with Gasteiger partial charge in [0.1, 0.15) is 0 Å². The van der Waals surface area contributed by atoms with E-state index < -0.39 is 0 Å². The normalized spacial score (nSPS) is 12.2. The Hall–Kier alpha value is -1.28. The summed E-state index contributed by atoms with van der Waals surface area (Å²) in [5.41, 5.74) is 8.67. The summed E-state index contributed by atoms with van der Waals surface area (Å²) < 4.78 is 0. The zero-order valence-corrected chi connectivity index (χ0v) is 11.0. The summed E-state index contributed by atoms with van der Waals surface area (Å²) in [5, 5.41) is 0. The predicted octanol–water partition coefficient (Wildman–Crippen LogP) is 3.50. The maximum atomic E-state index is 6.17. The summed E-state index contributed by atoms with van der Waals surface area (Å²) in [6, 6.07) is 8.55. The number of benzene rings is 1. The summed E-state index contributed by atoms with van der Waals surface area (Å²) in [5.74, 6) is 0. The van der Waals surface area contributed by atoms with Crippen LogP contribution in [0.25, 0.3) is 0 Å². The summed E-state index contributed by atoms with van der Waals surface area (Å²) >= 11 is 0. The van der Waals surface area contributed by atoms with Crippen molar-refractivity contribution >= 4 is 5.69 Å². The van der Waals surface area contributed by atoms with Gasteiger partial charge in [-0.25, -0.2) is 0 Å². The lowest BCUT2D eigenvalue weighted by atomic mass is 10.0. The second-order valence-electron chi connectivity index (χ2n) is 4.31. The second-order valence-corrected chi connectivity index (χ2v) is 4.31. The standard InChI is InChI=1S/C15H24N2/c1-4-11-17(12-5-2)15-10-8-7-9-13(15)14(16)6-3/h4,7-10,14H,1,5-6,11-12,16H2,2-3H3/t14-/m1/s1. The molecule has 1 rings (SSSR count). The monoisotopic (exact) mass is 232 g/mol. The zero-order valence-electron chi connectivity index (χ0n) is 11.0. The average Bonchev–Trinajstić information content (AvgIpc) is 2.37. The Labute approximate surface area is 105 Å². The Morgan fingerprint density at radius 3 is 2.65 bits per heavy atom. The van der Waals surface area contributed by atoms with E-state index >= 15 is 0 Å². The number of hydrogen-bond donors (Lipinski definition) is 1. The summed E-state index contributed by atoms with van der Waals surface area (Å²) in [7, 11) is 0. The highest BCUT2D eigenvalue weighted by molar-refractivity contribution is 5.55. The lowest BCUT2D eigenvalue weighted by molar-refractivity contribution is 0.690. The molecule has 0 bridgehead atoms. The van der Waals surface area contributed by atoms with Crippen LogP contribution in [0.3, 0.4) is 0 Å². The Kier molecular flexibility index (Phi) is 5.78. The molecule has 0 amide bonds. The first-order valence-electron chi connectivity index (χ1n) is 6.44. The fourth-order valence-electron chi connectivity index (χ4n) is 2.04. The van der Waals surface area contributed by atoms with E-state index in [2.05, 4.69) is 49.6 Å². The van der Waals surface area contributed by atoms with Crippen molar-refractivity contribution in [2.24, 2.45) is 5.73 Å². The second kappa shape index (κ2) is 7.13. The molecule has 2 nitrogen and oxygen atoms in total. The summed E-state index contributed by atoms with van der Waals surface area (Å²) in [6.45, 7) is 10.1. The van der Waals surface area contributed by atoms with Gasteiger partial charge in [0.25, 0.3) is 0 Å². The molecular formula is C15H24N2. The van der Waals surface area contributed by atoms with Crippen LogP contribution in [0.4, 0.5) is 5.69 Å². The number of nitrogens with zero attached hydrogens (tertiary/aromatic N) is 1. The van der Waals surface area contributed by atoms with Gasteiger partial charge in [0, 0.05) is 24.8 Å². The largest absolute Gasteiger partial charge is 0.368 e. The first-order valence-corrected chi connectivity index (χ1v) is 6.44. The van der Waals surface area contributed by atoms with Crippen molar-refractivity contribution in [3.8, 4) is 0 Å². The molecule has 0 aliphatic carbocycles. The lowest BCUT2D eigenvalue weighted by Crippen LogP contribution is -2.26. The molecule has 0 heterocycles. The van der Waals surface area contributed by atoms with Crippen LogP contribution in [0.5, 0.6) is 0 Å². The van der Waals surface area contributed by atoms with E-state index in [4.69, 9.17) is 5.73 Å². The molecule has 0 aliphatic rings. The highest BCUT2D eigenvalue weighted by Crippen LogP contribution is 2.26. The van der Waals surface area contributed by atoms with Crippen LogP contribution in [0.2, 0.25) is 0 Å². The van der Waals surface area contributed by atoms with Crippen molar-refractivity contribution in [3.63, 3.8) is 0 Å². The topological polar surface area (TPSA) is 29.3 Å². The van der Waals surface area contributed by atoms with E-state index in [1.54, 1.807) is 0 Å². The number of anilines is 1. The van der Waals surface area contributed by atoms with Crippen LogP contribution in [0.15, 0.2) is 36.9 Å². The van der Waals surface area contributed by atoms with Gasteiger partial charge >= 0.3 is 0 Å². The fraction of sp³-hybridized carbons (Fsp3) is 0.467. The van der Waals surface area contributed by atoms with Crippen molar-refractivity contribution in [2.45, 2.75) is 32.7 Å². The molecule has 94 valence electrons. The van der Waals surface area contributed by atoms with E-state index in [1.165, 1.54) is 11.3 Å². The molecule has 0 aromatic heterocycles. The quantitative estimate of drug-likeness (QED) is 0.729. The van der Waals surface area contributed by atoms with E-state index in [9.17, 15) is 0 Å². The van der Waals surface area contributed by atoms with Crippen LogP contribution in [-0.4, -0.2) is 13.1 Å². The molecule has 1 aromatic carbocycles. The van der Waals surface area contributed by atoms with Gasteiger partial charge in [-0.05, 0) is 24.5 Å². The highest BCUT2D eigenvalue weighted by Gasteiger charge is 2.13. The van der Waals surface area contributed by atoms with Gasteiger partial charge in [0.15, 0.2) is 0 Å². The molecule has 0 spiro atoms. The molecule has 0 aliphatic heterocycles. The average molecular weight is 232 g/mol. The number of para-hydroxylation sites is 1. The smallest absolute Gasteiger partial charge is 0.0417 e. The van der Waals surface area contributed by atoms with Crippen LogP contribution < -0.4 is 10.6 Å². The first-order chi connectivity index (χ1) is 8.24. The lowest BCUT2D eigenvalue weighted by Gasteiger charge is -2.27. The molecule has 1 atom stereocenters. The van der Waals surface area contributed by atoms with E-state index in [-0.39, 0.29) is 6.04 Å². The van der Waals surface area contributed by atoms with Crippen LogP contribution in [0, 0.1) is 0 Å². The van der Waals surface area contributed by atoms with E-state index in [1.807, 2.05) is 6.08 Å². The Balaban J connectivity index is 3.03. The van der Waals surface area contributed by atoms with Gasteiger partial charge < -0.3 is 10.6 Å². The number of nitrogens with two attached hydrogens (primary N) is 1. The van der Waals surface area contributed by atoms with Crippen molar-refractivity contribution in [1.82, 2.24) is 0 Å². The highest BCUT2D eigenvalue weighted by atomic mass is 15.1. The molecule has 1 aromatic rings. The molecule has 0 unspecified atom stereocenters. The molecular weight excluding hydrogens is 208 g/mol. The fourth-order valence-corrected chi connectivity index (χ4v) is 2.04. The van der Waals surface area contributed by atoms with Gasteiger partial charge in [0.2, 0.25) is 0 Å². The van der Waals surface area contributed by atoms with Crippen LogP contribution in [-0.2, 0) is 0 Å². The first kappa shape index (κ1) is 13.8. The Morgan fingerprint density at radius 1 is 1.35 bits per heavy atom. The Morgan fingerprint density at radius 2 is 2.06 bits per heavy atom. The minimum absolute atomic E-state index is 0.121. The van der Waals surface area contributed by atoms with Crippen molar-refractivity contribution in [1.29, 1.82) is 0 Å². The van der Waals surface area contributed by atoms with Crippen molar-refractivity contribution in [3.05, 3.63) is 42.5 Å². The summed E-state index contributed by atoms with van der Waals surface area (Å²) in [6.07, 6.45) is 4.04. The van der Waals surface area contributed by atoms with Crippen molar-refractivity contribution < 1.29 is 0 Å². The molecule has 0 fully saturated rings. The number of hydrogen-bond acceptors (Lipinski definition) is 2. The molecule has 0 radical (unpaired) electrons. The molecule has 2 N–H and O–H groups in total. The molecule has 17 heavy (non-hydrogen) atoms. The van der Waals surface area contributed by atoms with E-state index in [0.29, 0.717) is 0 Å². The molecule has 0 saturated carbocycles. The minimum Gasteiger partial charge on any atom is -0.368 e. The van der Waals surface area contributed by atoms with Gasteiger partial charge in [-0.3, -0.25) is 0 Å². The van der Waals surface area contributed by atoms with E-state index in [0.717, 1.165) is 25.9 Å². The SMILES string of the molecule is C=CCN(CCC)c1ccccc1[C@H](N)CC. The van der Waals surface area contributed by atoms with Gasteiger partial charge in [-0.15, -0.1) is 6.58 Å². The van der Waals surface area contributed by atoms with Gasteiger partial charge in [-0.1, -0.05) is 38.1 Å². The number of rotatable bonds is 7. The maximum Gasteiger partial charge on any atom is 0.0417 e. The van der Waals surface area contributed by atoms with Gasteiger partial charge in [0.05, 0.1) is 0 Å². The zero-order chi connectivity index (χ0) is 12.7. The Bertz CT molecular complexity index is 347. The predicted molar refractivity (Wildman–Crippen MR) is 76.4 cm³/mol. The third-order valence-electron chi connectivity index (χ3n) is 2.96. The van der Waals surface area contributed by atoms with Crippen molar-refractivity contribution in [2.75, 3.05) is 18.0 Å². The third-order valence-corrected chi connectivity index (χ3v) is 2.96. The van der Waals surface area contributed by atoms with Crippen LogP contribution >= 0.6 is 0 Å². The molecule has 0 saturated heterocycles. The minimum atomic E-state index is 0.121. The summed E-state index contributed by atoms with van der Waals surface area (Å²) in [4.78, 5) is 2.35. The molecule has 2 heteroatoms.